The molecule has 2 aromatic rings. The molecule has 0 aliphatic heterocycles. The maximum Gasteiger partial charge on any atom is 0.340 e. The number of amides is 1. The lowest BCUT2D eigenvalue weighted by molar-refractivity contribution is 0.0527. The summed E-state index contributed by atoms with van der Waals surface area (Å²) in [6.07, 6.45) is 9.90. The van der Waals surface area contributed by atoms with Crippen molar-refractivity contribution in [2.75, 3.05) is 23.8 Å². The van der Waals surface area contributed by atoms with Crippen LogP contribution in [0.5, 0.6) is 0 Å². The number of carbonyl (C=O) groups excluding carboxylic acids is 2. The molecule has 0 unspecified atom stereocenters. The summed E-state index contributed by atoms with van der Waals surface area (Å²) in [7, 11) is 0. The van der Waals surface area contributed by atoms with Gasteiger partial charge in [-0.05, 0) is 63.3 Å². The molecule has 0 fully saturated rings. The molecule has 6 heteroatoms. The van der Waals surface area contributed by atoms with Crippen LogP contribution in [0.15, 0.2) is 54.2 Å². The minimum absolute atomic E-state index is 0.271. The van der Waals surface area contributed by atoms with Crippen LogP contribution in [0.2, 0.25) is 0 Å². The maximum atomic E-state index is 12.7. The van der Waals surface area contributed by atoms with Gasteiger partial charge in [-0.25, -0.2) is 4.79 Å². The number of aromatic nitrogens is 1. The molecule has 152 valence electrons. The molecule has 0 atom stereocenters. The van der Waals surface area contributed by atoms with Gasteiger partial charge in [0.05, 0.1) is 17.9 Å². The molecule has 0 saturated carbocycles. The van der Waals surface area contributed by atoms with Gasteiger partial charge < -0.3 is 15.4 Å². The van der Waals surface area contributed by atoms with E-state index in [0.29, 0.717) is 11.3 Å². The normalized spacial score (nSPS) is 13.3. The highest BCUT2D eigenvalue weighted by Gasteiger charge is 2.15. The van der Waals surface area contributed by atoms with Gasteiger partial charge in [-0.1, -0.05) is 23.8 Å². The first kappa shape index (κ1) is 20.6. The smallest absolute Gasteiger partial charge is 0.340 e. The van der Waals surface area contributed by atoms with E-state index < -0.39 is 5.97 Å². The van der Waals surface area contributed by atoms with Gasteiger partial charge in [0.15, 0.2) is 0 Å². The van der Waals surface area contributed by atoms with Crippen LogP contribution in [-0.2, 0) is 4.74 Å². The zero-order valence-corrected chi connectivity index (χ0v) is 16.7. The lowest BCUT2D eigenvalue weighted by Crippen LogP contribution is -2.17. The zero-order valence-electron chi connectivity index (χ0n) is 16.7. The van der Waals surface area contributed by atoms with E-state index in [1.807, 2.05) is 6.07 Å². The predicted octanol–water partition coefficient (Wildman–Crippen LogP) is 4.81. The Bertz CT molecular complexity index is 892. The summed E-state index contributed by atoms with van der Waals surface area (Å²) < 4.78 is 5.05. The van der Waals surface area contributed by atoms with Gasteiger partial charge in [0, 0.05) is 18.4 Å². The number of benzene rings is 1. The first-order valence-electron chi connectivity index (χ1n) is 10.1. The molecule has 0 saturated heterocycles. The first-order chi connectivity index (χ1) is 14.2. The van der Waals surface area contributed by atoms with Crippen molar-refractivity contribution < 1.29 is 14.3 Å². The van der Waals surface area contributed by atoms with E-state index in [1.165, 1.54) is 31.3 Å². The van der Waals surface area contributed by atoms with Crippen LogP contribution in [-0.4, -0.2) is 30.0 Å². The van der Waals surface area contributed by atoms with Crippen LogP contribution >= 0.6 is 0 Å². The number of ether oxygens (including phenoxy) is 1. The van der Waals surface area contributed by atoms with Crippen molar-refractivity contribution in [1.29, 1.82) is 0 Å². The van der Waals surface area contributed by atoms with Crippen LogP contribution in [0.3, 0.4) is 0 Å². The van der Waals surface area contributed by atoms with Crippen LogP contribution < -0.4 is 10.6 Å². The highest BCUT2D eigenvalue weighted by atomic mass is 16.5. The topological polar surface area (TPSA) is 80.3 Å². The molecule has 0 radical (unpaired) electrons. The molecule has 1 aliphatic carbocycles. The molecule has 3 rings (SSSR count). The van der Waals surface area contributed by atoms with Gasteiger partial charge in [-0.3, -0.25) is 9.78 Å². The Morgan fingerprint density at radius 3 is 2.83 bits per heavy atom. The van der Waals surface area contributed by atoms with Crippen molar-refractivity contribution in [3.8, 4) is 0 Å². The Morgan fingerprint density at radius 1 is 1.17 bits per heavy atom. The van der Waals surface area contributed by atoms with E-state index in [-0.39, 0.29) is 18.2 Å². The monoisotopic (exact) mass is 393 g/mol. The van der Waals surface area contributed by atoms with Crippen molar-refractivity contribution >= 4 is 23.3 Å². The Labute approximate surface area is 171 Å². The summed E-state index contributed by atoms with van der Waals surface area (Å²) in [6.45, 7) is 2.84. The Hall–Kier alpha value is -3.15. The second kappa shape index (κ2) is 10.4. The molecule has 1 amide bonds. The number of anilines is 2. The van der Waals surface area contributed by atoms with Crippen molar-refractivity contribution in [3.05, 3.63) is 65.5 Å². The van der Waals surface area contributed by atoms with Gasteiger partial charge in [-0.15, -0.1) is 0 Å². The molecule has 1 aliphatic rings. The zero-order chi connectivity index (χ0) is 20.5. The van der Waals surface area contributed by atoms with Crippen molar-refractivity contribution in [2.24, 2.45) is 0 Å². The number of hydrogen-bond acceptors (Lipinski definition) is 5. The fraction of sp³-hybridized carbons (Fsp3) is 0.348. The number of pyridine rings is 1. The van der Waals surface area contributed by atoms with E-state index in [9.17, 15) is 9.59 Å². The molecule has 1 aromatic carbocycles. The molecule has 29 heavy (non-hydrogen) atoms. The minimum Gasteiger partial charge on any atom is -0.462 e. The fourth-order valence-electron chi connectivity index (χ4n) is 3.33. The largest absolute Gasteiger partial charge is 0.462 e. The van der Waals surface area contributed by atoms with E-state index >= 15 is 0 Å². The fourth-order valence-corrected chi connectivity index (χ4v) is 3.33. The summed E-state index contributed by atoms with van der Waals surface area (Å²) in [4.78, 5) is 28.9. The van der Waals surface area contributed by atoms with E-state index in [0.717, 1.165) is 18.7 Å². The van der Waals surface area contributed by atoms with Crippen LogP contribution in [0.4, 0.5) is 11.4 Å². The van der Waals surface area contributed by atoms with Gasteiger partial charge in [0.2, 0.25) is 0 Å². The number of hydrogen-bond donors (Lipinski definition) is 2. The lowest BCUT2D eigenvalue weighted by Gasteiger charge is -2.14. The first-order valence-corrected chi connectivity index (χ1v) is 10.1. The Balaban J connectivity index is 1.62. The molecule has 1 heterocycles. The van der Waals surface area contributed by atoms with Crippen LogP contribution in [0, 0.1) is 0 Å². The maximum absolute atomic E-state index is 12.7. The molecule has 2 N–H and O–H groups in total. The summed E-state index contributed by atoms with van der Waals surface area (Å²) in [6, 6.07) is 10.3. The Morgan fingerprint density at radius 2 is 2.03 bits per heavy atom. The third-order valence-corrected chi connectivity index (χ3v) is 4.82. The van der Waals surface area contributed by atoms with Crippen LogP contribution in [0.25, 0.3) is 0 Å². The summed E-state index contributed by atoms with van der Waals surface area (Å²) >= 11 is 0. The molecule has 6 nitrogen and oxygen atoms in total. The van der Waals surface area contributed by atoms with E-state index in [2.05, 4.69) is 21.7 Å². The number of nitrogens with one attached hydrogen (secondary N) is 2. The molecule has 1 aromatic heterocycles. The predicted molar refractivity (Wildman–Crippen MR) is 114 cm³/mol. The molecule has 0 spiro atoms. The third kappa shape index (κ3) is 5.91. The highest BCUT2D eigenvalue weighted by Crippen LogP contribution is 2.21. The number of rotatable bonds is 8. The Kier molecular flexibility index (Phi) is 7.39. The number of para-hydroxylation sites is 1. The van der Waals surface area contributed by atoms with Gasteiger partial charge in [-0.2, -0.15) is 0 Å². The summed E-state index contributed by atoms with van der Waals surface area (Å²) in [5.41, 5.74) is 3.36. The van der Waals surface area contributed by atoms with E-state index in [1.54, 1.807) is 43.5 Å². The van der Waals surface area contributed by atoms with Crippen LogP contribution in [0.1, 0.15) is 59.9 Å². The van der Waals surface area contributed by atoms with Crippen molar-refractivity contribution in [1.82, 2.24) is 4.98 Å². The average Bonchev–Trinajstić information content (AvgIpc) is 2.75. The van der Waals surface area contributed by atoms with Gasteiger partial charge >= 0.3 is 5.97 Å². The standard InChI is InChI=1S/C23H27N3O3/c1-2-29-23(28)19-10-6-7-11-20(19)26-22(27)21-16-18(13-15-25-21)24-14-12-17-8-4-3-5-9-17/h6-8,10-11,13,15-16H,2-5,9,12,14H2,1H3,(H,24,25)(H,26,27). The second-order valence-corrected chi connectivity index (χ2v) is 6.93. The minimum atomic E-state index is -0.469. The SMILES string of the molecule is CCOC(=O)c1ccccc1NC(=O)c1cc(NCCC2=CCCCC2)ccn1. The number of carbonyl (C=O) groups is 2. The molecular formula is C23H27N3O3. The summed E-state index contributed by atoms with van der Waals surface area (Å²) in [5, 5.41) is 6.12. The summed E-state index contributed by atoms with van der Waals surface area (Å²) in [5.74, 6) is -0.843. The molecule has 0 bridgehead atoms. The highest BCUT2D eigenvalue weighted by molar-refractivity contribution is 6.07. The average molecular weight is 393 g/mol. The van der Waals surface area contributed by atoms with Gasteiger partial charge in [0.25, 0.3) is 5.91 Å². The second-order valence-electron chi connectivity index (χ2n) is 6.93. The molecular weight excluding hydrogens is 366 g/mol. The lowest BCUT2D eigenvalue weighted by atomic mass is 9.97. The van der Waals surface area contributed by atoms with E-state index in [4.69, 9.17) is 4.74 Å². The quantitative estimate of drug-likeness (QED) is 0.497. The van der Waals surface area contributed by atoms with Crippen molar-refractivity contribution in [2.45, 2.75) is 39.0 Å². The number of nitrogens with zero attached hydrogens (tertiary/aromatic N) is 1. The number of esters is 1. The van der Waals surface area contributed by atoms with Crippen molar-refractivity contribution in [3.63, 3.8) is 0 Å². The van der Waals surface area contributed by atoms with Gasteiger partial charge in [0.1, 0.15) is 5.69 Å². The number of allylic oxidation sites excluding steroid dienone is 1. The third-order valence-electron chi connectivity index (χ3n) is 4.82.